The Hall–Kier alpha value is -3.25. The van der Waals surface area contributed by atoms with E-state index in [2.05, 4.69) is 6.92 Å². The van der Waals surface area contributed by atoms with Crippen LogP contribution in [0.25, 0.3) is 12.2 Å². The molecule has 1 heterocycles. The Kier molecular flexibility index (Phi) is 7.14. The fourth-order valence-corrected chi connectivity index (χ4v) is 3.97. The molecule has 0 aliphatic carbocycles. The molecule has 0 spiro atoms. The van der Waals surface area contributed by atoms with Gasteiger partial charge in [0.1, 0.15) is 4.66 Å². The summed E-state index contributed by atoms with van der Waals surface area (Å²) in [6, 6.07) is 16.7. The lowest BCUT2D eigenvalue weighted by atomic mass is 10.1. The van der Waals surface area contributed by atoms with Crippen molar-refractivity contribution in [2.75, 3.05) is 6.61 Å². The van der Waals surface area contributed by atoms with E-state index in [1.807, 2.05) is 30.3 Å². The summed E-state index contributed by atoms with van der Waals surface area (Å²) in [5, 5.41) is 0. The second-order valence-electron chi connectivity index (χ2n) is 6.62. The highest BCUT2D eigenvalue weighted by Gasteiger charge is 2.12. The van der Waals surface area contributed by atoms with Crippen LogP contribution in [0.5, 0.6) is 0 Å². The standard InChI is InChI=1S/C24H23NO4S/c1-3-17-10-12-18(13-11-17)14-21-24(28)25(22(30-21)15-23(27)29-4-2)16-20(26)19-8-6-5-7-9-19/h5-15H,3-4,16H2,1-2H3/b21-14-,22-15-. The topological polar surface area (TPSA) is 65.4 Å². The third kappa shape index (κ3) is 5.21. The lowest BCUT2D eigenvalue weighted by Gasteiger charge is -2.02. The minimum Gasteiger partial charge on any atom is -0.463 e. The number of rotatable bonds is 7. The van der Waals surface area contributed by atoms with Crippen molar-refractivity contribution in [3.8, 4) is 0 Å². The maximum Gasteiger partial charge on any atom is 0.333 e. The van der Waals surface area contributed by atoms with Crippen LogP contribution in [0.3, 0.4) is 0 Å². The first-order chi connectivity index (χ1) is 14.5. The van der Waals surface area contributed by atoms with E-state index in [1.54, 1.807) is 37.3 Å². The molecule has 0 amide bonds. The average Bonchev–Trinajstić information content (AvgIpc) is 3.03. The predicted octanol–water partition coefficient (Wildman–Crippen LogP) is 2.53. The third-order valence-electron chi connectivity index (χ3n) is 4.55. The van der Waals surface area contributed by atoms with Crippen molar-refractivity contribution < 1.29 is 14.3 Å². The quantitative estimate of drug-likeness (QED) is 0.434. The number of hydrogen-bond acceptors (Lipinski definition) is 5. The van der Waals surface area contributed by atoms with Crippen molar-refractivity contribution in [1.29, 1.82) is 0 Å². The molecule has 3 aromatic rings. The molecule has 0 aliphatic rings. The Bertz CT molecular complexity index is 1200. The van der Waals surface area contributed by atoms with Gasteiger partial charge in [-0.05, 0) is 30.5 Å². The van der Waals surface area contributed by atoms with E-state index in [1.165, 1.54) is 27.5 Å². The fraction of sp³-hybridized carbons (Fsp3) is 0.208. The van der Waals surface area contributed by atoms with E-state index in [4.69, 9.17) is 4.74 Å². The van der Waals surface area contributed by atoms with Crippen LogP contribution >= 0.6 is 11.3 Å². The molecule has 0 bridgehead atoms. The van der Waals surface area contributed by atoms with Crippen molar-refractivity contribution in [2.24, 2.45) is 0 Å². The number of aryl methyl sites for hydroxylation is 1. The van der Waals surface area contributed by atoms with Gasteiger partial charge in [0.05, 0.1) is 23.8 Å². The number of ketones is 1. The second-order valence-corrected chi connectivity index (χ2v) is 7.68. The molecule has 0 aliphatic heterocycles. The van der Waals surface area contributed by atoms with Crippen molar-refractivity contribution in [3.05, 3.63) is 90.8 Å². The third-order valence-corrected chi connectivity index (χ3v) is 5.61. The van der Waals surface area contributed by atoms with Crippen LogP contribution in [-0.4, -0.2) is 22.9 Å². The van der Waals surface area contributed by atoms with Gasteiger partial charge in [-0.2, -0.15) is 0 Å². The molecule has 5 nitrogen and oxygen atoms in total. The number of esters is 1. The number of ether oxygens (including phenoxy) is 1. The Balaban J connectivity index is 2.07. The maximum atomic E-state index is 13.0. The summed E-state index contributed by atoms with van der Waals surface area (Å²) < 4.78 is 7.16. The first-order valence-electron chi connectivity index (χ1n) is 9.78. The van der Waals surface area contributed by atoms with Crippen LogP contribution in [0.2, 0.25) is 0 Å². The Labute approximate surface area is 178 Å². The van der Waals surface area contributed by atoms with Gasteiger partial charge < -0.3 is 4.74 Å². The average molecular weight is 422 g/mol. The van der Waals surface area contributed by atoms with Gasteiger partial charge in [-0.1, -0.05) is 61.5 Å². The highest BCUT2D eigenvalue weighted by molar-refractivity contribution is 7.07. The van der Waals surface area contributed by atoms with E-state index in [9.17, 15) is 14.4 Å². The number of aromatic nitrogens is 1. The second kappa shape index (κ2) is 9.98. The molecular formula is C24H23NO4S. The molecule has 0 atom stereocenters. The molecule has 2 aromatic carbocycles. The number of hydrogen-bond donors (Lipinski definition) is 0. The Morgan fingerprint density at radius 1 is 1.03 bits per heavy atom. The molecule has 0 saturated heterocycles. The maximum absolute atomic E-state index is 13.0. The van der Waals surface area contributed by atoms with Crippen molar-refractivity contribution in [1.82, 2.24) is 4.57 Å². The van der Waals surface area contributed by atoms with Gasteiger partial charge in [0.2, 0.25) is 0 Å². The Morgan fingerprint density at radius 3 is 2.37 bits per heavy atom. The summed E-state index contributed by atoms with van der Waals surface area (Å²) in [7, 11) is 0. The number of thiazole rings is 1. The summed E-state index contributed by atoms with van der Waals surface area (Å²) in [6.07, 6.45) is 3.98. The van der Waals surface area contributed by atoms with Crippen LogP contribution < -0.4 is 14.8 Å². The lowest BCUT2D eigenvalue weighted by molar-refractivity contribution is -0.135. The minimum absolute atomic E-state index is 0.146. The van der Waals surface area contributed by atoms with Gasteiger partial charge in [0, 0.05) is 5.56 Å². The lowest BCUT2D eigenvalue weighted by Crippen LogP contribution is -2.34. The molecular weight excluding hydrogens is 398 g/mol. The molecule has 1 aromatic heterocycles. The molecule has 0 radical (unpaired) electrons. The molecule has 6 heteroatoms. The summed E-state index contributed by atoms with van der Waals surface area (Å²) in [5.74, 6) is -0.744. The number of Topliss-reactive ketones (excluding diaryl/α,β-unsaturated/α-hetero) is 1. The smallest absolute Gasteiger partial charge is 0.333 e. The normalized spacial score (nSPS) is 12.2. The van der Waals surface area contributed by atoms with Crippen molar-refractivity contribution >= 4 is 35.2 Å². The summed E-state index contributed by atoms with van der Waals surface area (Å²) in [5.41, 5.74) is 2.30. The molecule has 0 saturated carbocycles. The zero-order chi connectivity index (χ0) is 21.5. The van der Waals surface area contributed by atoms with E-state index < -0.39 is 5.97 Å². The zero-order valence-corrected chi connectivity index (χ0v) is 17.8. The highest BCUT2D eigenvalue weighted by Crippen LogP contribution is 2.05. The SMILES string of the molecule is CCOC(=O)/C=c1\s/c(=C\c2ccc(CC)cc2)c(=O)n1CC(=O)c1ccccc1. The Morgan fingerprint density at radius 2 is 1.73 bits per heavy atom. The number of carbonyl (C=O) groups is 2. The number of carbonyl (C=O) groups excluding carboxylic acids is 2. The van der Waals surface area contributed by atoms with Crippen LogP contribution in [0, 0.1) is 0 Å². The van der Waals surface area contributed by atoms with Gasteiger partial charge >= 0.3 is 5.97 Å². The molecule has 0 unspecified atom stereocenters. The summed E-state index contributed by atoms with van der Waals surface area (Å²) >= 11 is 1.17. The van der Waals surface area contributed by atoms with Crippen molar-refractivity contribution in [2.45, 2.75) is 26.8 Å². The van der Waals surface area contributed by atoms with Gasteiger partial charge in [-0.3, -0.25) is 14.2 Å². The van der Waals surface area contributed by atoms with E-state index in [-0.39, 0.29) is 24.5 Å². The largest absolute Gasteiger partial charge is 0.463 e. The molecule has 3 rings (SSSR count). The van der Waals surface area contributed by atoms with Gasteiger partial charge in [-0.25, -0.2) is 4.79 Å². The van der Waals surface area contributed by atoms with Crippen LogP contribution in [0.15, 0.2) is 59.4 Å². The number of nitrogens with zero attached hydrogens (tertiary/aromatic N) is 1. The summed E-state index contributed by atoms with van der Waals surface area (Å²) in [6.45, 7) is 3.88. The molecule has 0 N–H and O–H groups in total. The zero-order valence-electron chi connectivity index (χ0n) is 17.0. The molecule has 154 valence electrons. The number of benzene rings is 2. The van der Waals surface area contributed by atoms with E-state index in [0.29, 0.717) is 14.8 Å². The summed E-state index contributed by atoms with van der Waals surface area (Å²) in [4.78, 5) is 37.7. The van der Waals surface area contributed by atoms with Gasteiger partial charge in [0.25, 0.3) is 5.56 Å². The first-order valence-corrected chi connectivity index (χ1v) is 10.6. The van der Waals surface area contributed by atoms with Crippen molar-refractivity contribution in [3.63, 3.8) is 0 Å². The van der Waals surface area contributed by atoms with E-state index >= 15 is 0 Å². The van der Waals surface area contributed by atoms with Gasteiger partial charge in [-0.15, -0.1) is 11.3 Å². The first kappa shape index (κ1) is 21.5. The van der Waals surface area contributed by atoms with Crippen LogP contribution in [-0.2, 0) is 22.5 Å². The fourth-order valence-electron chi connectivity index (χ4n) is 2.94. The predicted molar refractivity (Wildman–Crippen MR) is 119 cm³/mol. The van der Waals surface area contributed by atoms with E-state index in [0.717, 1.165) is 12.0 Å². The monoisotopic (exact) mass is 421 g/mol. The minimum atomic E-state index is -0.543. The molecule has 30 heavy (non-hydrogen) atoms. The van der Waals surface area contributed by atoms with Crippen LogP contribution in [0.1, 0.15) is 35.3 Å². The highest BCUT2D eigenvalue weighted by atomic mass is 32.1. The van der Waals surface area contributed by atoms with Crippen LogP contribution in [0.4, 0.5) is 0 Å². The van der Waals surface area contributed by atoms with Gasteiger partial charge in [0.15, 0.2) is 5.78 Å². The molecule has 0 fully saturated rings.